The number of anilines is 1. The number of carbonyl (C=O) groups excluding carboxylic acids is 1. The van der Waals surface area contributed by atoms with Crippen LogP contribution in [0.15, 0.2) is 18.2 Å². The second-order valence-electron chi connectivity index (χ2n) is 4.74. The first-order chi connectivity index (χ1) is 9.66. The molecule has 0 spiro atoms. The zero-order valence-corrected chi connectivity index (χ0v) is 12.5. The van der Waals surface area contributed by atoms with E-state index >= 15 is 0 Å². The fraction of sp³-hybridized carbons (Fsp3) is 0.357. The van der Waals surface area contributed by atoms with Crippen LogP contribution < -0.4 is 5.73 Å². The molecule has 0 atom stereocenters. The lowest BCUT2D eigenvalue weighted by Gasteiger charge is -2.18. The molecule has 1 amide bonds. The molecule has 1 aromatic heterocycles. The third-order valence-electron chi connectivity index (χ3n) is 3.39. The second-order valence-corrected chi connectivity index (χ2v) is 6.23. The molecule has 20 heavy (non-hydrogen) atoms. The van der Waals surface area contributed by atoms with E-state index in [9.17, 15) is 4.79 Å². The number of nitrogen functional groups attached to an aromatic ring is 1. The highest BCUT2D eigenvalue weighted by atomic mass is 35.5. The van der Waals surface area contributed by atoms with E-state index in [0.717, 1.165) is 16.5 Å². The van der Waals surface area contributed by atoms with Gasteiger partial charge in [-0.05, 0) is 24.6 Å². The average molecular weight is 311 g/mol. The lowest BCUT2D eigenvalue weighted by Crippen LogP contribution is -2.33. The van der Waals surface area contributed by atoms with Crippen molar-refractivity contribution in [2.75, 3.05) is 32.0 Å². The first-order valence-electron chi connectivity index (χ1n) is 6.51. The van der Waals surface area contributed by atoms with Gasteiger partial charge in [-0.2, -0.15) is 0 Å². The number of rotatable bonds is 1. The van der Waals surface area contributed by atoms with Gasteiger partial charge < -0.3 is 15.4 Å². The van der Waals surface area contributed by atoms with Gasteiger partial charge >= 0.3 is 0 Å². The summed E-state index contributed by atoms with van der Waals surface area (Å²) in [7, 11) is 0. The van der Waals surface area contributed by atoms with Crippen molar-refractivity contribution in [3.63, 3.8) is 0 Å². The Hall–Kier alpha value is -1.30. The van der Waals surface area contributed by atoms with Crippen molar-refractivity contribution in [1.82, 2.24) is 4.90 Å². The van der Waals surface area contributed by atoms with E-state index in [0.29, 0.717) is 41.9 Å². The number of thiophene rings is 1. The van der Waals surface area contributed by atoms with Crippen LogP contribution in [0.1, 0.15) is 16.1 Å². The smallest absolute Gasteiger partial charge is 0.266 e. The van der Waals surface area contributed by atoms with Crippen LogP contribution in [0.4, 0.5) is 5.69 Å². The van der Waals surface area contributed by atoms with Gasteiger partial charge in [-0.15, -0.1) is 11.3 Å². The van der Waals surface area contributed by atoms with Crippen LogP contribution in [0, 0.1) is 0 Å². The van der Waals surface area contributed by atoms with Crippen LogP contribution >= 0.6 is 22.9 Å². The number of halogens is 1. The van der Waals surface area contributed by atoms with Crippen LogP contribution in [0.2, 0.25) is 5.02 Å². The number of ether oxygens (including phenoxy) is 1. The Bertz CT molecular complexity index is 648. The van der Waals surface area contributed by atoms with E-state index in [1.807, 2.05) is 23.1 Å². The molecule has 2 heterocycles. The van der Waals surface area contributed by atoms with Crippen LogP contribution in [-0.4, -0.2) is 37.1 Å². The molecule has 1 aliphatic heterocycles. The Labute approximate surface area is 126 Å². The summed E-state index contributed by atoms with van der Waals surface area (Å²) in [6.07, 6.45) is 0.863. The highest BCUT2D eigenvalue weighted by molar-refractivity contribution is 7.21. The van der Waals surface area contributed by atoms with Gasteiger partial charge in [0.2, 0.25) is 0 Å². The zero-order chi connectivity index (χ0) is 14.1. The molecule has 2 aromatic rings. The summed E-state index contributed by atoms with van der Waals surface area (Å²) in [4.78, 5) is 15.0. The van der Waals surface area contributed by atoms with Crippen molar-refractivity contribution in [3.05, 3.63) is 28.1 Å². The Morgan fingerprint density at radius 2 is 2.20 bits per heavy atom. The molecule has 1 saturated heterocycles. The molecule has 0 saturated carbocycles. The summed E-state index contributed by atoms with van der Waals surface area (Å²) < 4.78 is 6.36. The third kappa shape index (κ3) is 2.49. The second kappa shape index (κ2) is 5.60. The maximum Gasteiger partial charge on any atom is 0.266 e. The molecule has 106 valence electrons. The topological polar surface area (TPSA) is 55.6 Å². The molecule has 1 fully saturated rings. The molecule has 2 N–H and O–H groups in total. The fourth-order valence-corrected chi connectivity index (χ4v) is 3.58. The maximum atomic E-state index is 12.6. The van der Waals surface area contributed by atoms with Gasteiger partial charge in [-0.1, -0.05) is 11.6 Å². The molecular formula is C14H15ClN2O2S. The highest BCUT2D eigenvalue weighted by Gasteiger charge is 2.23. The SMILES string of the molecule is Nc1c(C(=O)N2CCCOCC2)sc2ccc(Cl)cc12. The predicted molar refractivity (Wildman–Crippen MR) is 82.6 cm³/mol. The molecular weight excluding hydrogens is 296 g/mol. The number of benzene rings is 1. The van der Waals surface area contributed by atoms with Crippen molar-refractivity contribution in [2.24, 2.45) is 0 Å². The molecule has 1 aromatic carbocycles. The molecule has 0 unspecified atom stereocenters. The standard InChI is InChI=1S/C14H15ClN2O2S/c15-9-2-3-11-10(8-9)12(16)13(20-11)14(18)17-4-1-6-19-7-5-17/h2-3,8H,1,4-7,16H2. The zero-order valence-electron chi connectivity index (χ0n) is 10.9. The normalized spacial score (nSPS) is 16.4. The van der Waals surface area contributed by atoms with E-state index < -0.39 is 0 Å². The van der Waals surface area contributed by atoms with Gasteiger partial charge in [0.1, 0.15) is 4.88 Å². The highest BCUT2D eigenvalue weighted by Crippen LogP contribution is 2.36. The lowest BCUT2D eigenvalue weighted by atomic mass is 10.2. The Balaban J connectivity index is 1.96. The molecule has 3 rings (SSSR count). The number of carbonyl (C=O) groups is 1. The molecule has 6 heteroatoms. The molecule has 0 radical (unpaired) electrons. The summed E-state index contributed by atoms with van der Waals surface area (Å²) in [5, 5.41) is 1.49. The van der Waals surface area contributed by atoms with E-state index in [1.54, 1.807) is 0 Å². The van der Waals surface area contributed by atoms with Gasteiger partial charge in [0.25, 0.3) is 5.91 Å². The summed E-state index contributed by atoms with van der Waals surface area (Å²) >= 11 is 7.41. The summed E-state index contributed by atoms with van der Waals surface area (Å²) in [5.41, 5.74) is 6.66. The maximum absolute atomic E-state index is 12.6. The first kappa shape index (κ1) is 13.7. The minimum atomic E-state index is -0.00896. The number of hydrogen-bond acceptors (Lipinski definition) is 4. The summed E-state index contributed by atoms with van der Waals surface area (Å²) in [6.45, 7) is 2.63. The largest absolute Gasteiger partial charge is 0.397 e. The number of hydrogen-bond donors (Lipinski definition) is 1. The number of nitrogens with zero attached hydrogens (tertiary/aromatic N) is 1. The molecule has 4 nitrogen and oxygen atoms in total. The van der Waals surface area contributed by atoms with Crippen LogP contribution in [0.25, 0.3) is 10.1 Å². The summed E-state index contributed by atoms with van der Waals surface area (Å²) in [6, 6.07) is 5.53. The Kier molecular flexibility index (Phi) is 3.83. The third-order valence-corrected chi connectivity index (χ3v) is 4.80. The number of amides is 1. The van der Waals surface area contributed by atoms with Crippen molar-refractivity contribution >= 4 is 44.6 Å². The monoisotopic (exact) mass is 310 g/mol. The average Bonchev–Trinajstić information content (AvgIpc) is 2.66. The Morgan fingerprint density at radius 3 is 3.05 bits per heavy atom. The van der Waals surface area contributed by atoms with E-state index in [1.165, 1.54) is 11.3 Å². The first-order valence-corrected chi connectivity index (χ1v) is 7.71. The number of fused-ring (bicyclic) bond motifs is 1. The summed E-state index contributed by atoms with van der Waals surface area (Å²) in [5.74, 6) is -0.00896. The number of nitrogens with two attached hydrogens (primary N) is 1. The van der Waals surface area contributed by atoms with E-state index in [4.69, 9.17) is 22.1 Å². The molecule has 0 aliphatic carbocycles. The molecule has 0 bridgehead atoms. The van der Waals surface area contributed by atoms with Crippen LogP contribution in [0.5, 0.6) is 0 Å². The van der Waals surface area contributed by atoms with Crippen LogP contribution in [0.3, 0.4) is 0 Å². The van der Waals surface area contributed by atoms with Crippen molar-refractivity contribution in [2.45, 2.75) is 6.42 Å². The van der Waals surface area contributed by atoms with Crippen molar-refractivity contribution in [3.8, 4) is 0 Å². The Morgan fingerprint density at radius 1 is 1.35 bits per heavy atom. The lowest BCUT2D eigenvalue weighted by molar-refractivity contribution is 0.0747. The fourth-order valence-electron chi connectivity index (χ4n) is 2.34. The van der Waals surface area contributed by atoms with Crippen molar-refractivity contribution < 1.29 is 9.53 Å². The molecule has 1 aliphatic rings. The van der Waals surface area contributed by atoms with Crippen LogP contribution in [-0.2, 0) is 4.74 Å². The van der Waals surface area contributed by atoms with Gasteiger partial charge in [0, 0.05) is 34.8 Å². The van der Waals surface area contributed by atoms with Crippen molar-refractivity contribution in [1.29, 1.82) is 0 Å². The minimum absolute atomic E-state index is 0.00896. The quantitative estimate of drug-likeness (QED) is 0.881. The van der Waals surface area contributed by atoms with Gasteiger partial charge in [-0.3, -0.25) is 4.79 Å². The van der Waals surface area contributed by atoms with Gasteiger partial charge in [-0.25, -0.2) is 0 Å². The predicted octanol–water partition coefficient (Wildman–Crippen LogP) is 3.00. The van der Waals surface area contributed by atoms with E-state index in [-0.39, 0.29) is 5.91 Å². The van der Waals surface area contributed by atoms with Gasteiger partial charge in [0.05, 0.1) is 12.3 Å². The van der Waals surface area contributed by atoms with E-state index in [2.05, 4.69) is 0 Å². The minimum Gasteiger partial charge on any atom is -0.397 e. The van der Waals surface area contributed by atoms with Gasteiger partial charge in [0.15, 0.2) is 0 Å².